The number of rotatable bonds is 11. The van der Waals surface area contributed by atoms with Crippen molar-refractivity contribution in [3.05, 3.63) is 77.2 Å². The van der Waals surface area contributed by atoms with Gasteiger partial charge in [-0.3, -0.25) is 14.4 Å². The van der Waals surface area contributed by atoms with Crippen molar-refractivity contribution in [3.63, 3.8) is 0 Å². The number of nitrogens with one attached hydrogen (secondary N) is 3. The van der Waals surface area contributed by atoms with Crippen LogP contribution in [0.1, 0.15) is 53.8 Å². The number of likely N-dealkylation sites (tertiary alicyclic amines) is 2. The van der Waals surface area contributed by atoms with E-state index in [1.54, 1.807) is 25.1 Å². The molecule has 3 aliphatic rings. The molecule has 14 heteroatoms. The number of aromatic nitrogens is 1. The number of fused-ring (bicyclic) bond motifs is 1. The van der Waals surface area contributed by atoms with Gasteiger partial charge in [-0.1, -0.05) is 24.3 Å². The van der Waals surface area contributed by atoms with Crippen molar-refractivity contribution >= 4 is 44.7 Å². The Hall–Kier alpha value is -4.24. The summed E-state index contributed by atoms with van der Waals surface area (Å²) in [6.07, 6.45) is 5.18. The van der Waals surface area contributed by atoms with E-state index in [-0.39, 0.29) is 29.6 Å². The predicted octanol–water partition coefficient (Wildman–Crippen LogP) is 1.96. The van der Waals surface area contributed by atoms with Gasteiger partial charge in [-0.15, -0.1) is 0 Å². The van der Waals surface area contributed by atoms with Crippen molar-refractivity contribution in [1.82, 2.24) is 30.1 Å². The second kappa shape index (κ2) is 13.7. The predicted molar refractivity (Wildman–Crippen MR) is 177 cm³/mol. The topological polar surface area (TPSA) is 161 Å². The van der Waals surface area contributed by atoms with Crippen molar-refractivity contribution in [2.24, 2.45) is 5.92 Å². The van der Waals surface area contributed by atoms with Crippen LogP contribution in [0, 0.1) is 11.7 Å². The molecule has 3 fully saturated rings. The first-order valence-electron chi connectivity index (χ1n) is 16.0. The van der Waals surface area contributed by atoms with Gasteiger partial charge in [0.05, 0.1) is 29.1 Å². The lowest BCUT2D eigenvalue weighted by atomic mass is 10.00. The molecule has 3 heterocycles. The maximum absolute atomic E-state index is 13.5. The summed E-state index contributed by atoms with van der Waals surface area (Å²) in [6, 6.07) is 10.1. The summed E-state index contributed by atoms with van der Waals surface area (Å²) >= 11 is 0. The van der Waals surface area contributed by atoms with Gasteiger partial charge in [0.25, 0.3) is 5.91 Å². The Morgan fingerprint density at radius 2 is 1.85 bits per heavy atom. The average Bonchev–Trinajstić information content (AvgIpc) is 3.79. The standard InChI is InChI=1S/C34H39FN6O6S/c1-20(28-10-9-27(14-22(28)6-5-21-3-4-21)48(46,47)39-25-17-40(2)18-25)37-34(45)31-15-26(42)19-41(31)32(43)16-36-33(44)30-11-7-23-13-24(35)8-12-29(23)38-30/h5-14,20-21,25-26,31,39,42H,3-4,15-19H2,1-2H3,(H,36,44)(H,37,45)/b6-5+/t20-,26+,31-/m0/s1. The molecule has 2 aromatic carbocycles. The minimum atomic E-state index is -3.75. The van der Waals surface area contributed by atoms with Crippen LogP contribution in [0.3, 0.4) is 0 Å². The third-order valence-corrected chi connectivity index (χ3v) is 10.5. The molecular weight excluding hydrogens is 639 g/mol. The van der Waals surface area contributed by atoms with Gasteiger partial charge in [0.2, 0.25) is 21.8 Å². The van der Waals surface area contributed by atoms with Gasteiger partial charge in [-0.05, 0) is 80.3 Å². The second-order valence-electron chi connectivity index (χ2n) is 12.9. The number of hydrogen-bond acceptors (Lipinski definition) is 8. The van der Waals surface area contributed by atoms with Crippen molar-refractivity contribution in [3.8, 4) is 0 Å². The molecule has 1 saturated carbocycles. The van der Waals surface area contributed by atoms with E-state index in [1.807, 2.05) is 24.1 Å². The van der Waals surface area contributed by atoms with E-state index in [2.05, 4.69) is 20.3 Å². The zero-order chi connectivity index (χ0) is 34.2. The van der Waals surface area contributed by atoms with Crippen molar-refractivity contribution in [2.45, 2.75) is 55.3 Å². The molecule has 2 saturated heterocycles. The summed E-state index contributed by atoms with van der Waals surface area (Å²) in [5.74, 6) is -1.63. The molecule has 0 unspecified atom stereocenters. The Balaban J connectivity index is 1.11. The van der Waals surface area contributed by atoms with Crippen LogP contribution in [0.2, 0.25) is 0 Å². The van der Waals surface area contributed by atoms with Crippen LogP contribution in [0.25, 0.3) is 17.0 Å². The molecule has 48 heavy (non-hydrogen) atoms. The number of amides is 3. The van der Waals surface area contributed by atoms with Crippen molar-refractivity contribution in [1.29, 1.82) is 0 Å². The minimum Gasteiger partial charge on any atom is -0.391 e. The molecule has 3 amide bonds. The first-order valence-corrected chi connectivity index (χ1v) is 17.5. The molecule has 12 nitrogen and oxygen atoms in total. The normalized spacial score (nSPS) is 21.0. The van der Waals surface area contributed by atoms with E-state index in [4.69, 9.17) is 0 Å². The number of likely N-dealkylation sites (N-methyl/N-ethyl adjacent to an activating group) is 1. The third kappa shape index (κ3) is 7.73. The molecule has 0 spiro atoms. The largest absolute Gasteiger partial charge is 0.391 e. The number of sulfonamides is 1. The molecule has 1 aliphatic carbocycles. The van der Waals surface area contributed by atoms with Gasteiger partial charge in [-0.25, -0.2) is 22.5 Å². The Labute approximate surface area is 278 Å². The number of pyridine rings is 1. The van der Waals surface area contributed by atoms with E-state index in [0.717, 1.165) is 12.8 Å². The number of nitrogens with zero attached hydrogens (tertiary/aromatic N) is 3. The molecular formula is C34H39FN6O6S. The molecule has 0 radical (unpaired) electrons. The van der Waals surface area contributed by atoms with E-state index in [9.17, 15) is 32.3 Å². The highest BCUT2D eigenvalue weighted by Crippen LogP contribution is 2.32. The maximum Gasteiger partial charge on any atom is 0.270 e. The highest BCUT2D eigenvalue weighted by atomic mass is 32.2. The fourth-order valence-corrected chi connectivity index (χ4v) is 7.40. The van der Waals surface area contributed by atoms with E-state index >= 15 is 0 Å². The van der Waals surface area contributed by atoms with Crippen molar-refractivity contribution < 1.29 is 32.3 Å². The summed E-state index contributed by atoms with van der Waals surface area (Å²) in [4.78, 5) is 47.1. The molecule has 6 rings (SSSR count). The van der Waals surface area contributed by atoms with Gasteiger partial charge in [0.15, 0.2) is 0 Å². The summed E-state index contributed by atoms with van der Waals surface area (Å²) in [7, 11) is -1.83. The molecule has 254 valence electrons. The van der Waals surface area contributed by atoms with Crippen LogP contribution >= 0.6 is 0 Å². The fraction of sp³-hybridized carbons (Fsp3) is 0.412. The van der Waals surface area contributed by atoms with Crippen LogP contribution in [0.4, 0.5) is 4.39 Å². The Bertz CT molecular complexity index is 1880. The monoisotopic (exact) mass is 678 g/mol. The van der Waals surface area contributed by atoms with E-state index in [0.29, 0.717) is 41.0 Å². The number of allylic oxidation sites excluding steroid dienone is 1. The number of hydrogen-bond donors (Lipinski definition) is 4. The van der Waals surface area contributed by atoms with Crippen LogP contribution in [-0.4, -0.2) is 97.4 Å². The van der Waals surface area contributed by atoms with Gasteiger partial charge in [-0.2, -0.15) is 0 Å². The average molecular weight is 679 g/mol. The molecule has 3 aromatic rings. The highest BCUT2D eigenvalue weighted by molar-refractivity contribution is 7.89. The number of benzene rings is 2. The number of carbonyl (C=O) groups excluding carboxylic acids is 3. The second-order valence-corrected chi connectivity index (χ2v) is 14.6. The number of halogens is 1. The summed E-state index contributed by atoms with van der Waals surface area (Å²) in [5.41, 5.74) is 1.84. The molecule has 3 atom stereocenters. The number of aliphatic hydroxyl groups excluding tert-OH is 1. The Morgan fingerprint density at radius 1 is 1.08 bits per heavy atom. The maximum atomic E-state index is 13.5. The van der Waals surface area contributed by atoms with Crippen LogP contribution in [-0.2, 0) is 19.6 Å². The molecule has 1 aromatic heterocycles. The zero-order valence-electron chi connectivity index (χ0n) is 26.7. The zero-order valence-corrected chi connectivity index (χ0v) is 27.5. The Kier molecular flexibility index (Phi) is 9.61. The molecule has 4 N–H and O–H groups in total. The molecule has 0 bridgehead atoms. The summed E-state index contributed by atoms with van der Waals surface area (Å²) in [5, 5.41) is 16.4. The molecule has 2 aliphatic heterocycles. The van der Waals surface area contributed by atoms with Gasteiger partial charge >= 0.3 is 0 Å². The quantitative estimate of drug-likeness (QED) is 0.240. The van der Waals surface area contributed by atoms with Crippen LogP contribution < -0.4 is 15.4 Å². The smallest absolute Gasteiger partial charge is 0.270 e. The van der Waals surface area contributed by atoms with Crippen LogP contribution in [0.5, 0.6) is 0 Å². The minimum absolute atomic E-state index is 0.0225. The first-order chi connectivity index (χ1) is 22.9. The van der Waals surface area contributed by atoms with Gasteiger partial charge in [0.1, 0.15) is 17.6 Å². The SMILES string of the molecule is C[C@H](NC(=O)[C@@H]1C[C@@H](O)CN1C(=O)CNC(=O)c1ccc2cc(F)ccc2n1)c1ccc(S(=O)(=O)NC2CN(C)C2)cc1/C=C/C1CC1. The lowest BCUT2D eigenvalue weighted by Gasteiger charge is -2.36. The van der Waals surface area contributed by atoms with E-state index in [1.165, 1.54) is 35.2 Å². The number of carbonyl (C=O) groups is 3. The first kappa shape index (κ1) is 33.7. The fourth-order valence-electron chi connectivity index (χ4n) is 6.14. The van der Waals surface area contributed by atoms with Gasteiger partial charge < -0.3 is 25.5 Å². The van der Waals surface area contributed by atoms with Gasteiger partial charge in [0, 0.05) is 37.5 Å². The number of aliphatic hydroxyl groups is 1. The van der Waals surface area contributed by atoms with Crippen LogP contribution in [0.15, 0.2) is 59.5 Å². The Morgan fingerprint density at radius 3 is 2.58 bits per heavy atom. The number of β-amino-alcohol motifs (C(OH)–C–C–N with tert-alkyl or cyclic N) is 1. The van der Waals surface area contributed by atoms with Crippen molar-refractivity contribution in [2.75, 3.05) is 33.2 Å². The lowest BCUT2D eigenvalue weighted by Crippen LogP contribution is -2.57. The summed E-state index contributed by atoms with van der Waals surface area (Å²) in [6.45, 7) is 2.56. The van der Waals surface area contributed by atoms with E-state index < -0.39 is 58.3 Å². The summed E-state index contributed by atoms with van der Waals surface area (Å²) < 4.78 is 42.5. The lowest BCUT2D eigenvalue weighted by molar-refractivity contribution is -0.138. The highest BCUT2D eigenvalue weighted by Gasteiger charge is 2.39. The third-order valence-electron chi connectivity index (χ3n) is 8.94.